The largest absolute Gasteiger partial charge is 0.465 e. The van der Waals surface area contributed by atoms with E-state index in [9.17, 15) is 4.79 Å². The molecule has 1 rings (SSSR count). The van der Waals surface area contributed by atoms with Crippen molar-refractivity contribution in [2.24, 2.45) is 0 Å². The molecule has 1 aromatic rings. The van der Waals surface area contributed by atoms with Crippen molar-refractivity contribution in [3.8, 4) is 0 Å². The van der Waals surface area contributed by atoms with Crippen LogP contribution in [0.25, 0.3) is 0 Å². The average Bonchev–Trinajstić information content (AvgIpc) is 2.46. The second-order valence-corrected chi connectivity index (χ2v) is 4.67. The Bertz CT molecular complexity index is 402. The van der Waals surface area contributed by atoms with Crippen LogP contribution in [0.5, 0.6) is 0 Å². The van der Waals surface area contributed by atoms with Gasteiger partial charge in [0, 0.05) is 6.54 Å². The van der Waals surface area contributed by atoms with Crippen molar-refractivity contribution >= 4 is 11.7 Å². The van der Waals surface area contributed by atoms with E-state index >= 15 is 0 Å². The molecule has 19 heavy (non-hydrogen) atoms. The summed E-state index contributed by atoms with van der Waals surface area (Å²) in [7, 11) is 1.42. The standard InChI is InChI=1S/C16H25NO2/c1-4-6-7-8-12-17-15-13(5-2)10-9-11-14(15)16(18)19-3/h9-11,17H,4-8,12H2,1-3H3. The summed E-state index contributed by atoms with van der Waals surface area (Å²) in [6, 6.07) is 5.79. The van der Waals surface area contributed by atoms with Gasteiger partial charge in [-0.2, -0.15) is 0 Å². The van der Waals surface area contributed by atoms with E-state index in [0.29, 0.717) is 5.56 Å². The average molecular weight is 263 g/mol. The van der Waals surface area contributed by atoms with Crippen molar-refractivity contribution in [3.05, 3.63) is 29.3 Å². The fourth-order valence-electron chi connectivity index (χ4n) is 2.15. The highest BCUT2D eigenvalue weighted by atomic mass is 16.5. The maximum absolute atomic E-state index is 11.8. The first-order valence-electron chi connectivity index (χ1n) is 7.18. The molecule has 3 nitrogen and oxygen atoms in total. The number of esters is 1. The zero-order valence-corrected chi connectivity index (χ0v) is 12.3. The van der Waals surface area contributed by atoms with Crippen LogP contribution in [0.1, 0.15) is 55.5 Å². The molecule has 0 saturated carbocycles. The van der Waals surface area contributed by atoms with Gasteiger partial charge < -0.3 is 10.1 Å². The first-order chi connectivity index (χ1) is 9.24. The Hall–Kier alpha value is -1.51. The number of para-hydroxylation sites is 1. The van der Waals surface area contributed by atoms with Crippen LogP contribution >= 0.6 is 0 Å². The van der Waals surface area contributed by atoms with Gasteiger partial charge in [-0.05, 0) is 24.5 Å². The molecule has 0 aromatic heterocycles. The van der Waals surface area contributed by atoms with E-state index in [0.717, 1.165) is 25.1 Å². The van der Waals surface area contributed by atoms with Gasteiger partial charge in [0.05, 0.1) is 18.4 Å². The van der Waals surface area contributed by atoms with Crippen molar-refractivity contribution in [2.75, 3.05) is 19.0 Å². The van der Waals surface area contributed by atoms with Crippen LogP contribution in [0.4, 0.5) is 5.69 Å². The molecule has 3 heteroatoms. The third kappa shape index (κ3) is 4.58. The molecule has 0 spiro atoms. The van der Waals surface area contributed by atoms with Crippen LogP contribution in [0.2, 0.25) is 0 Å². The smallest absolute Gasteiger partial charge is 0.339 e. The number of unbranched alkanes of at least 4 members (excludes halogenated alkanes) is 3. The summed E-state index contributed by atoms with van der Waals surface area (Å²) in [6.07, 6.45) is 5.76. The zero-order chi connectivity index (χ0) is 14.1. The van der Waals surface area contributed by atoms with Crippen LogP contribution in [0, 0.1) is 0 Å². The molecule has 0 fully saturated rings. The third-order valence-electron chi connectivity index (χ3n) is 3.27. The Morgan fingerprint density at radius 3 is 2.63 bits per heavy atom. The topological polar surface area (TPSA) is 38.3 Å². The summed E-state index contributed by atoms with van der Waals surface area (Å²) in [6.45, 7) is 5.20. The summed E-state index contributed by atoms with van der Waals surface area (Å²) < 4.78 is 4.84. The van der Waals surface area contributed by atoms with Gasteiger partial charge in [-0.15, -0.1) is 0 Å². The molecule has 0 heterocycles. The number of carbonyl (C=O) groups excluding carboxylic acids is 1. The molecule has 0 aliphatic carbocycles. The van der Waals surface area contributed by atoms with Gasteiger partial charge in [0.1, 0.15) is 0 Å². The number of hydrogen-bond acceptors (Lipinski definition) is 3. The molecule has 0 saturated heterocycles. The number of anilines is 1. The van der Waals surface area contributed by atoms with E-state index in [1.54, 1.807) is 0 Å². The third-order valence-corrected chi connectivity index (χ3v) is 3.27. The van der Waals surface area contributed by atoms with Crippen molar-refractivity contribution in [1.82, 2.24) is 0 Å². The highest BCUT2D eigenvalue weighted by molar-refractivity contribution is 5.96. The van der Waals surface area contributed by atoms with E-state index in [1.807, 2.05) is 12.1 Å². The predicted octanol–water partition coefficient (Wildman–Crippen LogP) is 4.03. The van der Waals surface area contributed by atoms with E-state index in [-0.39, 0.29) is 5.97 Å². The normalized spacial score (nSPS) is 10.3. The van der Waals surface area contributed by atoms with Gasteiger partial charge in [-0.25, -0.2) is 4.79 Å². The fourth-order valence-corrected chi connectivity index (χ4v) is 2.15. The van der Waals surface area contributed by atoms with Crippen molar-refractivity contribution in [3.63, 3.8) is 0 Å². The lowest BCUT2D eigenvalue weighted by molar-refractivity contribution is 0.0601. The summed E-state index contributed by atoms with van der Waals surface area (Å²) >= 11 is 0. The first-order valence-corrected chi connectivity index (χ1v) is 7.18. The van der Waals surface area contributed by atoms with Gasteiger partial charge >= 0.3 is 5.97 Å². The molecular weight excluding hydrogens is 238 g/mol. The monoisotopic (exact) mass is 263 g/mol. The fraction of sp³-hybridized carbons (Fsp3) is 0.562. The van der Waals surface area contributed by atoms with Gasteiger partial charge in [-0.3, -0.25) is 0 Å². The second-order valence-electron chi connectivity index (χ2n) is 4.67. The molecule has 106 valence electrons. The number of hydrogen-bond donors (Lipinski definition) is 1. The Labute approximate surface area is 116 Å². The van der Waals surface area contributed by atoms with Crippen LogP contribution < -0.4 is 5.32 Å². The van der Waals surface area contributed by atoms with E-state index < -0.39 is 0 Å². The van der Waals surface area contributed by atoms with E-state index in [1.165, 1.54) is 31.9 Å². The zero-order valence-electron chi connectivity index (χ0n) is 12.3. The molecule has 0 radical (unpaired) electrons. The highest BCUT2D eigenvalue weighted by Gasteiger charge is 2.13. The minimum Gasteiger partial charge on any atom is -0.465 e. The Kier molecular flexibility index (Phi) is 7.01. The summed E-state index contributed by atoms with van der Waals surface area (Å²) in [5, 5.41) is 3.41. The summed E-state index contributed by atoms with van der Waals surface area (Å²) in [5.74, 6) is -0.272. The van der Waals surface area contributed by atoms with Crippen molar-refractivity contribution in [2.45, 2.75) is 46.0 Å². The predicted molar refractivity (Wildman–Crippen MR) is 79.8 cm³/mol. The minimum atomic E-state index is -0.272. The maximum atomic E-state index is 11.8. The van der Waals surface area contributed by atoms with Crippen LogP contribution in [0.15, 0.2) is 18.2 Å². The molecule has 1 N–H and O–H groups in total. The summed E-state index contributed by atoms with van der Waals surface area (Å²) in [5.41, 5.74) is 2.74. The number of nitrogens with one attached hydrogen (secondary N) is 1. The lowest BCUT2D eigenvalue weighted by Gasteiger charge is -2.14. The van der Waals surface area contributed by atoms with Gasteiger partial charge in [0.15, 0.2) is 0 Å². The number of methoxy groups -OCH3 is 1. The number of rotatable bonds is 8. The minimum absolute atomic E-state index is 0.272. The first kappa shape index (κ1) is 15.5. The van der Waals surface area contributed by atoms with E-state index in [4.69, 9.17) is 4.74 Å². The molecule has 0 atom stereocenters. The number of aryl methyl sites for hydroxylation is 1. The second kappa shape index (κ2) is 8.57. The number of carbonyl (C=O) groups is 1. The van der Waals surface area contributed by atoms with Gasteiger partial charge in [-0.1, -0.05) is 45.2 Å². The quantitative estimate of drug-likeness (QED) is 0.568. The molecule has 0 aliphatic rings. The van der Waals surface area contributed by atoms with E-state index in [2.05, 4.69) is 25.2 Å². The SMILES string of the molecule is CCCCCCNc1c(CC)cccc1C(=O)OC. The van der Waals surface area contributed by atoms with Gasteiger partial charge in [0.2, 0.25) is 0 Å². The Balaban J connectivity index is 2.75. The molecule has 0 aliphatic heterocycles. The van der Waals surface area contributed by atoms with Crippen molar-refractivity contribution < 1.29 is 9.53 Å². The Morgan fingerprint density at radius 2 is 2.00 bits per heavy atom. The molecule has 1 aromatic carbocycles. The molecular formula is C16H25NO2. The molecule has 0 amide bonds. The van der Waals surface area contributed by atoms with Crippen LogP contribution in [0.3, 0.4) is 0 Å². The maximum Gasteiger partial charge on any atom is 0.339 e. The lowest BCUT2D eigenvalue weighted by Crippen LogP contribution is -2.11. The number of benzene rings is 1. The number of ether oxygens (including phenoxy) is 1. The highest BCUT2D eigenvalue weighted by Crippen LogP contribution is 2.23. The summed E-state index contributed by atoms with van der Waals surface area (Å²) in [4.78, 5) is 11.8. The Morgan fingerprint density at radius 1 is 1.21 bits per heavy atom. The molecule has 0 unspecified atom stereocenters. The molecule has 0 bridgehead atoms. The lowest BCUT2D eigenvalue weighted by atomic mass is 10.0. The van der Waals surface area contributed by atoms with Crippen LogP contribution in [-0.2, 0) is 11.2 Å². The van der Waals surface area contributed by atoms with Crippen LogP contribution in [-0.4, -0.2) is 19.6 Å². The van der Waals surface area contributed by atoms with Crippen molar-refractivity contribution in [1.29, 1.82) is 0 Å². The van der Waals surface area contributed by atoms with Gasteiger partial charge in [0.25, 0.3) is 0 Å².